The van der Waals surface area contributed by atoms with Crippen molar-refractivity contribution in [3.8, 4) is 0 Å². The van der Waals surface area contributed by atoms with Crippen molar-refractivity contribution < 1.29 is 9.53 Å². The number of rotatable bonds is 6. The van der Waals surface area contributed by atoms with Gasteiger partial charge < -0.3 is 10.1 Å². The molecule has 0 spiro atoms. The van der Waals surface area contributed by atoms with E-state index in [1.165, 1.54) is 0 Å². The number of hydrogen-bond donors (Lipinski definition) is 1. The predicted molar refractivity (Wildman–Crippen MR) is 76.0 cm³/mol. The summed E-state index contributed by atoms with van der Waals surface area (Å²) < 4.78 is 5.80. The first kappa shape index (κ1) is 14.8. The van der Waals surface area contributed by atoms with Crippen molar-refractivity contribution in [1.29, 1.82) is 0 Å². The summed E-state index contributed by atoms with van der Waals surface area (Å²) in [6.45, 7) is 8.83. The Kier molecular flexibility index (Phi) is 4.51. The molecule has 1 aliphatic carbocycles. The van der Waals surface area contributed by atoms with Gasteiger partial charge in [0.25, 0.3) is 0 Å². The Bertz CT molecular complexity index is 330. The van der Waals surface area contributed by atoms with Gasteiger partial charge in [-0.3, -0.25) is 9.69 Å². The zero-order chi connectivity index (χ0) is 14.0. The predicted octanol–water partition coefficient (Wildman–Crippen LogP) is 1.65. The third-order valence-corrected chi connectivity index (χ3v) is 4.76. The van der Waals surface area contributed by atoms with E-state index >= 15 is 0 Å². The molecule has 0 aromatic rings. The van der Waals surface area contributed by atoms with Crippen LogP contribution in [-0.4, -0.2) is 49.7 Å². The standard InChI is InChI=1S/C15H28N2O2/c1-5-6-8-16-12(18)10-17(4)13-11-7-9-19-14(11)15(13,2)3/h11,13-14H,5-10H2,1-4H3,(H,16,18). The van der Waals surface area contributed by atoms with Gasteiger partial charge in [-0.1, -0.05) is 27.2 Å². The average molecular weight is 268 g/mol. The molecule has 1 saturated carbocycles. The van der Waals surface area contributed by atoms with Gasteiger partial charge in [0.2, 0.25) is 5.91 Å². The molecule has 1 saturated heterocycles. The number of likely N-dealkylation sites (N-methyl/N-ethyl adjacent to an activating group) is 1. The lowest BCUT2D eigenvalue weighted by molar-refractivity contribution is -0.154. The van der Waals surface area contributed by atoms with Gasteiger partial charge in [-0.15, -0.1) is 0 Å². The smallest absolute Gasteiger partial charge is 0.234 e. The second-order valence-corrected chi connectivity index (χ2v) is 6.63. The van der Waals surface area contributed by atoms with Crippen LogP contribution in [-0.2, 0) is 9.53 Å². The van der Waals surface area contributed by atoms with E-state index in [-0.39, 0.29) is 11.3 Å². The van der Waals surface area contributed by atoms with Crippen LogP contribution < -0.4 is 5.32 Å². The summed E-state index contributed by atoms with van der Waals surface area (Å²) in [6, 6.07) is 0.469. The number of hydrogen-bond acceptors (Lipinski definition) is 3. The molecule has 4 nitrogen and oxygen atoms in total. The van der Waals surface area contributed by atoms with Crippen LogP contribution >= 0.6 is 0 Å². The molecular formula is C15H28N2O2. The van der Waals surface area contributed by atoms with Gasteiger partial charge in [-0.05, 0) is 19.9 Å². The highest BCUT2D eigenvalue weighted by atomic mass is 16.5. The van der Waals surface area contributed by atoms with Gasteiger partial charge in [-0.25, -0.2) is 0 Å². The Morgan fingerprint density at radius 2 is 2.21 bits per heavy atom. The Morgan fingerprint density at radius 1 is 1.47 bits per heavy atom. The fourth-order valence-electron chi connectivity index (χ4n) is 3.98. The summed E-state index contributed by atoms with van der Waals surface area (Å²) in [6.07, 6.45) is 3.71. The highest BCUT2D eigenvalue weighted by Gasteiger charge is 2.60. The Hall–Kier alpha value is -0.610. The van der Waals surface area contributed by atoms with Crippen LogP contribution in [0.15, 0.2) is 0 Å². The number of carbonyl (C=O) groups is 1. The molecular weight excluding hydrogens is 240 g/mol. The lowest BCUT2D eigenvalue weighted by Gasteiger charge is -2.57. The molecule has 0 bridgehead atoms. The topological polar surface area (TPSA) is 41.6 Å². The quantitative estimate of drug-likeness (QED) is 0.745. The summed E-state index contributed by atoms with van der Waals surface area (Å²) in [5.74, 6) is 0.762. The highest BCUT2D eigenvalue weighted by molar-refractivity contribution is 5.78. The average Bonchev–Trinajstić information content (AvgIpc) is 2.75. The van der Waals surface area contributed by atoms with Crippen molar-refractivity contribution in [2.45, 2.75) is 52.2 Å². The van der Waals surface area contributed by atoms with Crippen LogP contribution in [0.5, 0.6) is 0 Å². The fraction of sp³-hybridized carbons (Fsp3) is 0.933. The number of nitrogens with zero attached hydrogens (tertiary/aromatic N) is 1. The number of nitrogens with one attached hydrogen (secondary N) is 1. The zero-order valence-corrected chi connectivity index (χ0v) is 12.7. The number of carbonyl (C=O) groups excluding carboxylic acids is 1. The molecule has 0 aromatic heterocycles. The molecule has 0 radical (unpaired) electrons. The summed E-state index contributed by atoms with van der Waals surface area (Å²) in [4.78, 5) is 14.1. The van der Waals surface area contributed by atoms with E-state index in [1.54, 1.807) is 0 Å². The van der Waals surface area contributed by atoms with E-state index in [9.17, 15) is 4.79 Å². The van der Waals surface area contributed by atoms with Crippen molar-refractivity contribution >= 4 is 5.91 Å². The minimum atomic E-state index is 0.147. The van der Waals surface area contributed by atoms with Gasteiger partial charge >= 0.3 is 0 Å². The molecule has 3 atom stereocenters. The van der Waals surface area contributed by atoms with Crippen molar-refractivity contribution in [2.75, 3.05) is 26.7 Å². The lowest BCUT2D eigenvalue weighted by atomic mass is 9.57. The molecule has 3 unspecified atom stereocenters. The van der Waals surface area contributed by atoms with Crippen LogP contribution in [0.1, 0.15) is 40.0 Å². The van der Waals surface area contributed by atoms with Crippen LogP contribution in [0.2, 0.25) is 0 Å². The van der Waals surface area contributed by atoms with Gasteiger partial charge in [0.05, 0.1) is 12.6 Å². The number of amides is 1. The lowest BCUT2D eigenvalue weighted by Crippen LogP contribution is -2.66. The molecule has 1 aliphatic heterocycles. The third-order valence-electron chi connectivity index (χ3n) is 4.76. The number of fused-ring (bicyclic) bond motifs is 1. The van der Waals surface area contributed by atoms with Gasteiger partial charge in [0.1, 0.15) is 0 Å². The molecule has 2 rings (SSSR count). The normalized spacial score (nSPS) is 31.9. The third kappa shape index (κ3) is 2.79. The van der Waals surface area contributed by atoms with Crippen LogP contribution in [0.25, 0.3) is 0 Å². The second kappa shape index (κ2) is 5.80. The van der Waals surface area contributed by atoms with Crippen molar-refractivity contribution in [3.63, 3.8) is 0 Å². The summed E-state index contributed by atoms with van der Waals surface area (Å²) in [5, 5.41) is 2.99. The van der Waals surface area contributed by atoms with Crippen molar-refractivity contribution in [2.24, 2.45) is 11.3 Å². The summed E-state index contributed by atoms with van der Waals surface area (Å²) in [5.41, 5.74) is 0.166. The Morgan fingerprint density at radius 3 is 2.89 bits per heavy atom. The zero-order valence-electron chi connectivity index (χ0n) is 12.7. The SMILES string of the molecule is CCCCNC(=O)CN(C)C1C2CCOC2C1(C)C. The molecule has 110 valence electrons. The second-order valence-electron chi connectivity index (χ2n) is 6.63. The Balaban J connectivity index is 1.83. The maximum Gasteiger partial charge on any atom is 0.234 e. The van der Waals surface area contributed by atoms with Crippen molar-refractivity contribution in [1.82, 2.24) is 10.2 Å². The monoisotopic (exact) mass is 268 g/mol. The molecule has 4 heteroatoms. The summed E-state index contributed by atoms with van der Waals surface area (Å²) in [7, 11) is 2.07. The van der Waals surface area contributed by atoms with E-state index in [0.717, 1.165) is 32.4 Å². The van der Waals surface area contributed by atoms with Gasteiger partial charge in [0, 0.05) is 30.5 Å². The van der Waals surface area contributed by atoms with Gasteiger partial charge in [-0.2, -0.15) is 0 Å². The number of unbranched alkanes of at least 4 members (excludes halogenated alkanes) is 1. The van der Waals surface area contributed by atoms with E-state index in [0.29, 0.717) is 24.6 Å². The van der Waals surface area contributed by atoms with E-state index in [1.807, 2.05) is 0 Å². The minimum absolute atomic E-state index is 0.147. The molecule has 19 heavy (non-hydrogen) atoms. The molecule has 0 aromatic carbocycles. The molecule has 1 heterocycles. The van der Waals surface area contributed by atoms with Crippen LogP contribution in [0.3, 0.4) is 0 Å². The molecule has 2 aliphatic rings. The molecule has 1 N–H and O–H groups in total. The highest BCUT2D eigenvalue weighted by Crippen LogP contribution is 2.54. The minimum Gasteiger partial charge on any atom is -0.377 e. The molecule has 1 amide bonds. The largest absolute Gasteiger partial charge is 0.377 e. The van der Waals surface area contributed by atoms with Gasteiger partial charge in [0.15, 0.2) is 0 Å². The fourth-order valence-corrected chi connectivity index (χ4v) is 3.98. The maximum atomic E-state index is 11.9. The Labute approximate surface area is 116 Å². The van der Waals surface area contributed by atoms with E-state index < -0.39 is 0 Å². The first-order valence-corrected chi connectivity index (χ1v) is 7.57. The van der Waals surface area contributed by atoms with E-state index in [2.05, 4.69) is 38.0 Å². The molecule has 2 fully saturated rings. The van der Waals surface area contributed by atoms with Crippen molar-refractivity contribution in [3.05, 3.63) is 0 Å². The maximum absolute atomic E-state index is 11.9. The first-order valence-electron chi connectivity index (χ1n) is 7.57. The summed E-state index contributed by atoms with van der Waals surface area (Å²) >= 11 is 0. The van der Waals surface area contributed by atoms with E-state index in [4.69, 9.17) is 4.74 Å². The van der Waals surface area contributed by atoms with Crippen LogP contribution in [0, 0.1) is 11.3 Å². The first-order chi connectivity index (χ1) is 8.98. The van der Waals surface area contributed by atoms with Crippen LogP contribution in [0.4, 0.5) is 0 Å². The number of ether oxygens (including phenoxy) is 1.